The summed E-state index contributed by atoms with van der Waals surface area (Å²) >= 11 is 0. The number of rotatable bonds is 12. The number of esters is 1. The van der Waals surface area contributed by atoms with E-state index in [1.165, 1.54) is 37.7 Å². The van der Waals surface area contributed by atoms with Gasteiger partial charge in [0.15, 0.2) is 0 Å². The summed E-state index contributed by atoms with van der Waals surface area (Å²) in [6, 6.07) is 8.07. The molecule has 0 spiro atoms. The minimum absolute atomic E-state index is 0.0919. The van der Waals surface area contributed by atoms with E-state index >= 15 is 0 Å². The fourth-order valence-corrected chi connectivity index (χ4v) is 2.88. The Labute approximate surface area is 149 Å². The van der Waals surface area contributed by atoms with Gasteiger partial charge >= 0.3 is 5.97 Å². The Hall–Kier alpha value is -1.31. The summed E-state index contributed by atoms with van der Waals surface area (Å²) in [7, 11) is 0. The molecule has 0 bridgehead atoms. The molecule has 0 aliphatic heterocycles. The number of hydrogen-bond donors (Lipinski definition) is 0. The van der Waals surface area contributed by atoms with Gasteiger partial charge in [0, 0.05) is 0 Å². The number of ether oxygens (including phenoxy) is 1. The molecule has 0 fully saturated rings. The Kier molecular flexibility index (Phi) is 9.75. The van der Waals surface area contributed by atoms with Gasteiger partial charge in [-0.1, -0.05) is 71.4 Å². The summed E-state index contributed by atoms with van der Waals surface area (Å²) in [5.74, 6) is 0.580. The van der Waals surface area contributed by atoms with E-state index < -0.39 is 0 Å². The first kappa shape index (κ1) is 20.7. The molecule has 0 aromatic heterocycles. The lowest BCUT2D eigenvalue weighted by atomic mass is 9.82. The van der Waals surface area contributed by atoms with Crippen molar-refractivity contribution >= 4 is 5.97 Å². The van der Waals surface area contributed by atoms with E-state index in [2.05, 4.69) is 32.9 Å². The van der Waals surface area contributed by atoms with E-state index in [0.29, 0.717) is 5.75 Å². The molecule has 24 heavy (non-hydrogen) atoms. The Bertz CT molecular complexity index is 463. The standard InChI is InChI=1S/C22H36O2/c1-5-8-10-11-12-13-19-14-16-20(17-15-19)24-21(23)22(4,7-3)18-9-6-2/h14-17H,5-13,18H2,1-4H3. The van der Waals surface area contributed by atoms with Crippen molar-refractivity contribution in [2.75, 3.05) is 0 Å². The van der Waals surface area contributed by atoms with Crippen molar-refractivity contribution in [2.45, 2.75) is 91.9 Å². The monoisotopic (exact) mass is 332 g/mol. The minimum atomic E-state index is -0.367. The number of carbonyl (C=O) groups is 1. The van der Waals surface area contributed by atoms with Gasteiger partial charge in [-0.05, 0) is 50.3 Å². The van der Waals surface area contributed by atoms with Crippen LogP contribution in [0.5, 0.6) is 5.75 Å². The molecule has 0 amide bonds. The maximum Gasteiger partial charge on any atom is 0.317 e. The van der Waals surface area contributed by atoms with Crippen molar-refractivity contribution in [3.63, 3.8) is 0 Å². The van der Waals surface area contributed by atoms with Gasteiger partial charge in [-0.15, -0.1) is 0 Å². The van der Waals surface area contributed by atoms with E-state index in [0.717, 1.165) is 32.1 Å². The molecule has 1 aromatic rings. The predicted molar refractivity (Wildman–Crippen MR) is 102 cm³/mol. The van der Waals surface area contributed by atoms with Crippen LogP contribution in [-0.4, -0.2) is 5.97 Å². The molecule has 0 N–H and O–H groups in total. The Morgan fingerprint density at radius 3 is 2.12 bits per heavy atom. The molecule has 0 heterocycles. The van der Waals surface area contributed by atoms with Crippen molar-refractivity contribution < 1.29 is 9.53 Å². The molecular formula is C22H36O2. The van der Waals surface area contributed by atoms with E-state index in [9.17, 15) is 4.79 Å². The molecule has 2 heteroatoms. The fraction of sp³-hybridized carbons (Fsp3) is 0.682. The minimum Gasteiger partial charge on any atom is -0.426 e. The van der Waals surface area contributed by atoms with Crippen molar-refractivity contribution in [3.05, 3.63) is 29.8 Å². The maximum atomic E-state index is 12.5. The second-order valence-corrected chi connectivity index (χ2v) is 7.22. The lowest BCUT2D eigenvalue weighted by molar-refractivity contribution is -0.145. The number of aryl methyl sites for hydroxylation is 1. The molecule has 0 radical (unpaired) electrons. The van der Waals surface area contributed by atoms with Gasteiger partial charge in [-0.25, -0.2) is 0 Å². The SMILES string of the molecule is CCCCCCCc1ccc(OC(=O)C(C)(CC)CCCC)cc1. The lowest BCUT2D eigenvalue weighted by Gasteiger charge is -2.25. The first-order valence-corrected chi connectivity index (χ1v) is 9.87. The zero-order valence-electron chi connectivity index (χ0n) is 16.2. The summed E-state index contributed by atoms with van der Waals surface area (Å²) in [6.07, 6.45) is 11.5. The Morgan fingerprint density at radius 2 is 1.54 bits per heavy atom. The maximum absolute atomic E-state index is 12.5. The first-order chi connectivity index (χ1) is 11.6. The zero-order chi connectivity index (χ0) is 17.8. The summed E-state index contributed by atoms with van der Waals surface area (Å²) < 4.78 is 5.64. The molecule has 1 atom stereocenters. The fourth-order valence-electron chi connectivity index (χ4n) is 2.88. The van der Waals surface area contributed by atoms with Gasteiger partial charge in [0.2, 0.25) is 0 Å². The largest absolute Gasteiger partial charge is 0.426 e. The average Bonchev–Trinajstić information content (AvgIpc) is 2.60. The van der Waals surface area contributed by atoms with Gasteiger partial charge in [0.05, 0.1) is 5.41 Å². The van der Waals surface area contributed by atoms with E-state index in [4.69, 9.17) is 4.74 Å². The summed E-state index contributed by atoms with van der Waals surface area (Å²) in [5, 5.41) is 0. The number of benzene rings is 1. The van der Waals surface area contributed by atoms with Gasteiger partial charge in [-0.3, -0.25) is 4.79 Å². The summed E-state index contributed by atoms with van der Waals surface area (Å²) in [5.41, 5.74) is 0.962. The quantitative estimate of drug-likeness (QED) is 0.241. The number of unbranched alkanes of at least 4 members (excludes halogenated alkanes) is 5. The molecule has 1 rings (SSSR count). The molecule has 0 aliphatic rings. The highest BCUT2D eigenvalue weighted by atomic mass is 16.5. The lowest BCUT2D eigenvalue weighted by Crippen LogP contribution is -2.31. The van der Waals surface area contributed by atoms with E-state index in [1.807, 2.05) is 19.1 Å². The second kappa shape index (κ2) is 11.3. The third kappa shape index (κ3) is 7.07. The van der Waals surface area contributed by atoms with Crippen LogP contribution in [0.25, 0.3) is 0 Å². The third-order valence-electron chi connectivity index (χ3n) is 5.06. The average molecular weight is 333 g/mol. The van der Waals surface area contributed by atoms with E-state index in [1.54, 1.807) is 0 Å². The zero-order valence-corrected chi connectivity index (χ0v) is 16.2. The molecule has 0 saturated carbocycles. The first-order valence-electron chi connectivity index (χ1n) is 9.87. The van der Waals surface area contributed by atoms with E-state index in [-0.39, 0.29) is 11.4 Å². The van der Waals surface area contributed by atoms with Crippen LogP contribution in [0, 0.1) is 5.41 Å². The van der Waals surface area contributed by atoms with Gasteiger partial charge in [-0.2, -0.15) is 0 Å². The molecule has 2 nitrogen and oxygen atoms in total. The van der Waals surface area contributed by atoms with Gasteiger partial charge < -0.3 is 4.74 Å². The molecule has 136 valence electrons. The Morgan fingerprint density at radius 1 is 0.917 bits per heavy atom. The van der Waals surface area contributed by atoms with Crippen molar-refractivity contribution in [1.29, 1.82) is 0 Å². The topological polar surface area (TPSA) is 26.3 Å². The summed E-state index contributed by atoms with van der Waals surface area (Å²) in [6.45, 7) is 8.49. The highest BCUT2D eigenvalue weighted by molar-refractivity contribution is 5.78. The van der Waals surface area contributed by atoms with Crippen molar-refractivity contribution in [2.24, 2.45) is 5.41 Å². The molecule has 1 aromatic carbocycles. The number of carbonyl (C=O) groups excluding carboxylic acids is 1. The molecule has 1 unspecified atom stereocenters. The third-order valence-corrected chi connectivity index (χ3v) is 5.06. The van der Waals surface area contributed by atoms with Crippen LogP contribution in [-0.2, 0) is 11.2 Å². The normalized spacial score (nSPS) is 13.5. The second-order valence-electron chi connectivity index (χ2n) is 7.22. The van der Waals surface area contributed by atoms with Gasteiger partial charge in [0.1, 0.15) is 5.75 Å². The van der Waals surface area contributed by atoms with Crippen LogP contribution in [0.1, 0.15) is 91.0 Å². The number of hydrogen-bond acceptors (Lipinski definition) is 2. The highest BCUT2D eigenvalue weighted by Crippen LogP contribution is 2.30. The van der Waals surface area contributed by atoms with Crippen LogP contribution in [0.4, 0.5) is 0 Å². The molecular weight excluding hydrogens is 296 g/mol. The molecule has 0 saturated heterocycles. The molecule has 0 aliphatic carbocycles. The Balaban J connectivity index is 2.49. The highest BCUT2D eigenvalue weighted by Gasteiger charge is 2.32. The van der Waals surface area contributed by atoms with Crippen LogP contribution in [0.3, 0.4) is 0 Å². The smallest absolute Gasteiger partial charge is 0.317 e. The van der Waals surface area contributed by atoms with Crippen LogP contribution < -0.4 is 4.74 Å². The van der Waals surface area contributed by atoms with Crippen LogP contribution >= 0.6 is 0 Å². The van der Waals surface area contributed by atoms with Crippen LogP contribution in [0.2, 0.25) is 0 Å². The van der Waals surface area contributed by atoms with Gasteiger partial charge in [0.25, 0.3) is 0 Å². The van der Waals surface area contributed by atoms with Crippen LogP contribution in [0.15, 0.2) is 24.3 Å². The summed E-state index contributed by atoms with van der Waals surface area (Å²) in [4.78, 5) is 12.5. The van der Waals surface area contributed by atoms with Crippen molar-refractivity contribution in [3.8, 4) is 5.75 Å². The van der Waals surface area contributed by atoms with Crippen molar-refractivity contribution in [1.82, 2.24) is 0 Å². The predicted octanol–water partition coefficient (Wildman–Crippen LogP) is 6.71.